The topological polar surface area (TPSA) is 91.9 Å². The number of aromatic nitrogens is 2. The number of H-pyrrole nitrogens is 1. The van der Waals surface area contributed by atoms with E-state index in [2.05, 4.69) is 15.5 Å². The Morgan fingerprint density at radius 1 is 1.64 bits per heavy atom. The van der Waals surface area contributed by atoms with Crippen molar-refractivity contribution < 1.29 is 13.2 Å². The highest BCUT2D eigenvalue weighted by molar-refractivity contribution is 7.92. The van der Waals surface area contributed by atoms with E-state index in [4.69, 9.17) is 0 Å². The van der Waals surface area contributed by atoms with Gasteiger partial charge in [0.25, 0.3) is 0 Å². The average Bonchev–Trinajstić information content (AvgIpc) is 2.53. The molecule has 0 aliphatic rings. The van der Waals surface area contributed by atoms with Gasteiger partial charge in [0.05, 0.1) is 6.20 Å². The number of rotatable bonds is 3. The van der Waals surface area contributed by atoms with Crippen LogP contribution in [0.25, 0.3) is 0 Å². The number of sulfone groups is 1. The molecule has 1 amide bonds. The maximum absolute atomic E-state index is 11.3. The van der Waals surface area contributed by atoms with E-state index in [1.807, 2.05) is 0 Å². The molecule has 1 rings (SSSR count). The molecule has 0 aromatic carbocycles. The third kappa shape index (κ3) is 2.56. The molecule has 14 heavy (non-hydrogen) atoms. The van der Waals surface area contributed by atoms with Crippen LogP contribution < -0.4 is 5.32 Å². The second kappa shape index (κ2) is 3.79. The highest BCUT2D eigenvalue weighted by atomic mass is 32.2. The number of nitrogens with one attached hydrogen (secondary N) is 2. The standard InChI is InChI=1S/C7H11N3O3S/c1-5(14(2,12)13)7(11)9-6-3-4-8-10-6/h3-5H,1-2H3,(H2,8,9,10,11). The van der Waals surface area contributed by atoms with Gasteiger partial charge in [-0.3, -0.25) is 9.89 Å². The van der Waals surface area contributed by atoms with Crippen LogP contribution in [0.5, 0.6) is 0 Å². The molecule has 2 N–H and O–H groups in total. The summed E-state index contributed by atoms with van der Waals surface area (Å²) in [6.07, 6.45) is 2.48. The summed E-state index contributed by atoms with van der Waals surface area (Å²) in [4.78, 5) is 11.3. The summed E-state index contributed by atoms with van der Waals surface area (Å²) >= 11 is 0. The molecule has 1 aromatic rings. The fourth-order valence-electron chi connectivity index (χ4n) is 0.754. The van der Waals surface area contributed by atoms with Crippen molar-refractivity contribution in [2.45, 2.75) is 12.2 Å². The minimum Gasteiger partial charge on any atom is -0.310 e. The molecule has 1 unspecified atom stereocenters. The van der Waals surface area contributed by atoms with Crippen LogP contribution >= 0.6 is 0 Å². The summed E-state index contributed by atoms with van der Waals surface area (Å²) in [5.41, 5.74) is 0. The number of anilines is 1. The molecule has 6 nitrogen and oxygen atoms in total. The second-order valence-corrected chi connectivity index (χ2v) is 5.30. The predicted octanol–water partition coefficient (Wildman–Crippen LogP) is -0.219. The summed E-state index contributed by atoms with van der Waals surface area (Å²) in [5.74, 6) is -0.192. The van der Waals surface area contributed by atoms with Gasteiger partial charge in [0.2, 0.25) is 5.91 Å². The number of hydrogen-bond acceptors (Lipinski definition) is 4. The van der Waals surface area contributed by atoms with Gasteiger partial charge in [-0.1, -0.05) is 0 Å². The van der Waals surface area contributed by atoms with Gasteiger partial charge in [-0.25, -0.2) is 8.42 Å². The maximum atomic E-state index is 11.3. The minimum atomic E-state index is -3.35. The Morgan fingerprint density at radius 3 is 2.71 bits per heavy atom. The van der Waals surface area contributed by atoms with Crippen LogP contribution in [0.2, 0.25) is 0 Å². The van der Waals surface area contributed by atoms with E-state index in [1.165, 1.54) is 19.2 Å². The van der Waals surface area contributed by atoms with Crippen molar-refractivity contribution in [3.8, 4) is 0 Å². The third-order valence-corrected chi connectivity index (χ3v) is 3.27. The number of carbonyl (C=O) groups excluding carboxylic acids is 1. The van der Waals surface area contributed by atoms with Crippen LogP contribution in [0.3, 0.4) is 0 Å². The van der Waals surface area contributed by atoms with Gasteiger partial charge in [0.15, 0.2) is 9.84 Å². The quantitative estimate of drug-likeness (QED) is 0.732. The number of carbonyl (C=O) groups is 1. The van der Waals surface area contributed by atoms with Crippen LogP contribution in [-0.4, -0.2) is 36.0 Å². The Hall–Kier alpha value is -1.37. The lowest BCUT2D eigenvalue weighted by molar-refractivity contribution is -0.115. The van der Waals surface area contributed by atoms with E-state index in [9.17, 15) is 13.2 Å². The van der Waals surface area contributed by atoms with Gasteiger partial charge in [-0.2, -0.15) is 5.10 Å². The van der Waals surface area contributed by atoms with E-state index in [0.29, 0.717) is 5.82 Å². The molecule has 0 saturated carbocycles. The van der Waals surface area contributed by atoms with Crippen LogP contribution in [-0.2, 0) is 14.6 Å². The van der Waals surface area contributed by atoms with Crippen LogP contribution in [0.15, 0.2) is 12.3 Å². The monoisotopic (exact) mass is 217 g/mol. The van der Waals surface area contributed by atoms with Gasteiger partial charge in [-0.05, 0) is 6.92 Å². The van der Waals surface area contributed by atoms with Crippen molar-refractivity contribution in [3.63, 3.8) is 0 Å². The van der Waals surface area contributed by atoms with Crippen molar-refractivity contribution in [1.29, 1.82) is 0 Å². The summed E-state index contributed by atoms with van der Waals surface area (Å²) in [7, 11) is -3.35. The molecule has 0 radical (unpaired) electrons. The van der Waals surface area contributed by atoms with Crippen molar-refractivity contribution in [2.75, 3.05) is 11.6 Å². The summed E-state index contributed by atoms with van der Waals surface area (Å²) in [6, 6.07) is 1.53. The first-order valence-electron chi connectivity index (χ1n) is 3.90. The zero-order chi connectivity index (χ0) is 10.8. The van der Waals surface area contributed by atoms with E-state index >= 15 is 0 Å². The largest absolute Gasteiger partial charge is 0.310 e. The van der Waals surface area contributed by atoms with E-state index < -0.39 is 21.0 Å². The number of hydrogen-bond donors (Lipinski definition) is 2. The molecule has 0 fully saturated rings. The number of nitrogens with zero attached hydrogens (tertiary/aromatic N) is 1. The van der Waals surface area contributed by atoms with Crippen LogP contribution in [0.1, 0.15) is 6.92 Å². The van der Waals surface area contributed by atoms with Crippen LogP contribution in [0.4, 0.5) is 5.82 Å². The van der Waals surface area contributed by atoms with Crippen molar-refractivity contribution in [3.05, 3.63) is 12.3 Å². The molecule has 1 atom stereocenters. The number of aromatic amines is 1. The van der Waals surface area contributed by atoms with Gasteiger partial charge in [0, 0.05) is 12.3 Å². The Bertz CT molecular complexity index is 409. The van der Waals surface area contributed by atoms with E-state index in [-0.39, 0.29) is 0 Å². The summed E-state index contributed by atoms with van der Waals surface area (Å²) in [6.45, 7) is 1.33. The lowest BCUT2D eigenvalue weighted by Gasteiger charge is -2.08. The molecule has 0 bridgehead atoms. The highest BCUT2D eigenvalue weighted by Crippen LogP contribution is 2.04. The summed E-state index contributed by atoms with van der Waals surface area (Å²) < 4.78 is 22.0. The Kier molecular flexibility index (Phi) is 2.90. The zero-order valence-electron chi connectivity index (χ0n) is 7.81. The first kappa shape index (κ1) is 10.7. The van der Waals surface area contributed by atoms with E-state index in [1.54, 1.807) is 0 Å². The molecule has 0 saturated heterocycles. The normalized spacial score (nSPS) is 13.6. The third-order valence-electron chi connectivity index (χ3n) is 1.77. The fraction of sp³-hybridized carbons (Fsp3) is 0.429. The molecule has 0 spiro atoms. The van der Waals surface area contributed by atoms with Crippen molar-refractivity contribution in [1.82, 2.24) is 10.2 Å². The first-order valence-corrected chi connectivity index (χ1v) is 5.86. The van der Waals surface area contributed by atoms with E-state index in [0.717, 1.165) is 6.26 Å². The van der Waals surface area contributed by atoms with Gasteiger partial charge in [-0.15, -0.1) is 0 Å². The zero-order valence-corrected chi connectivity index (χ0v) is 8.63. The Balaban J connectivity index is 2.69. The lowest BCUT2D eigenvalue weighted by atomic mass is 10.4. The molecule has 7 heteroatoms. The van der Waals surface area contributed by atoms with Crippen molar-refractivity contribution in [2.24, 2.45) is 0 Å². The molecule has 1 heterocycles. The minimum absolute atomic E-state index is 0.380. The fourth-order valence-corrected chi connectivity index (χ4v) is 1.20. The lowest BCUT2D eigenvalue weighted by Crippen LogP contribution is -2.31. The highest BCUT2D eigenvalue weighted by Gasteiger charge is 2.23. The second-order valence-electron chi connectivity index (χ2n) is 2.93. The average molecular weight is 217 g/mol. The Morgan fingerprint density at radius 2 is 2.29 bits per heavy atom. The SMILES string of the molecule is CC(C(=O)Nc1ccn[nH]1)S(C)(=O)=O. The molecular formula is C7H11N3O3S. The van der Waals surface area contributed by atoms with Crippen molar-refractivity contribution >= 4 is 21.6 Å². The predicted molar refractivity (Wildman–Crippen MR) is 51.5 cm³/mol. The molecular weight excluding hydrogens is 206 g/mol. The van der Waals surface area contributed by atoms with Gasteiger partial charge >= 0.3 is 0 Å². The first-order chi connectivity index (χ1) is 6.41. The smallest absolute Gasteiger partial charge is 0.243 e. The molecule has 78 valence electrons. The van der Waals surface area contributed by atoms with Gasteiger partial charge in [0.1, 0.15) is 11.1 Å². The molecule has 0 aliphatic carbocycles. The summed E-state index contributed by atoms with van der Waals surface area (Å²) in [5, 5.41) is 7.43. The molecule has 0 aliphatic heterocycles. The van der Waals surface area contributed by atoms with Crippen LogP contribution in [0, 0.1) is 0 Å². The Labute approximate surface area is 81.6 Å². The van der Waals surface area contributed by atoms with Gasteiger partial charge < -0.3 is 5.32 Å². The number of amides is 1. The maximum Gasteiger partial charge on any atom is 0.243 e. The molecule has 1 aromatic heterocycles.